The summed E-state index contributed by atoms with van der Waals surface area (Å²) in [7, 11) is 0. The number of halogens is 3. The van der Waals surface area contributed by atoms with Crippen molar-refractivity contribution in [3.05, 3.63) is 24.3 Å². The quantitative estimate of drug-likeness (QED) is 0.847. The van der Waals surface area contributed by atoms with Crippen molar-refractivity contribution < 1.29 is 27.4 Å². The number of ether oxygens (including phenoxy) is 2. The zero-order valence-corrected chi connectivity index (χ0v) is 14.1. The van der Waals surface area contributed by atoms with Crippen LogP contribution in [0.1, 0.15) is 26.2 Å². The molecule has 0 radical (unpaired) electrons. The molecule has 1 amide bonds. The highest BCUT2D eigenvalue weighted by Gasteiger charge is 2.30. The second-order valence-corrected chi connectivity index (χ2v) is 6.15. The minimum Gasteiger partial charge on any atom is -0.480 e. The number of hydrogen-bond acceptors (Lipinski definition) is 4. The number of nitrogens with two attached hydrogens (primary N) is 1. The predicted molar refractivity (Wildman–Crippen MR) is 86.5 cm³/mol. The number of para-hydroxylation sites is 2. The van der Waals surface area contributed by atoms with Crippen LogP contribution < -0.4 is 15.2 Å². The monoisotopic (exact) mass is 360 g/mol. The lowest BCUT2D eigenvalue weighted by Crippen LogP contribution is -2.52. The Labute approximate surface area is 144 Å². The van der Waals surface area contributed by atoms with Gasteiger partial charge in [0.05, 0.1) is 0 Å². The van der Waals surface area contributed by atoms with Gasteiger partial charge in [0.1, 0.15) is 0 Å². The van der Waals surface area contributed by atoms with Gasteiger partial charge in [-0.2, -0.15) is 13.2 Å². The van der Waals surface area contributed by atoms with Gasteiger partial charge in [-0.1, -0.05) is 12.1 Å². The SMILES string of the molecule is C[C@@H](N)[C@@H]1CCCCN1C(=O)COc1ccccc1OCC(F)(F)F. The first-order valence-corrected chi connectivity index (χ1v) is 8.24. The summed E-state index contributed by atoms with van der Waals surface area (Å²) in [6.07, 6.45) is -1.68. The summed E-state index contributed by atoms with van der Waals surface area (Å²) in [6.45, 7) is 0.786. The van der Waals surface area contributed by atoms with E-state index in [-0.39, 0.29) is 36.1 Å². The maximum absolute atomic E-state index is 12.4. The molecule has 1 saturated heterocycles. The topological polar surface area (TPSA) is 64.8 Å². The van der Waals surface area contributed by atoms with Crippen molar-refractivity contribution in [3.8, 4) is 11.5 Å². The van der Waals surface area contributed by atoms with Crippen molar-refractivity contribution in [2.24, 2.45) is 5.73 Å². The predicted octanol–water partition coefficient (Wildman–Crippen LogP) is 2.73. The molecular formula is C17H23F3N2O3. The first-order valence-electron chi connectivity index (χ1n) is 8.24. The van der Waals surface area contributed by atoms with Crippen LogP contribution in [0.5, 0.6) is 11.5 Å². The smallest absolute Gasteiger partial charge is 0.422 e. The number of benzene rings is 1. The fourth-order valence-corrected chi connectivity index (χ4v) is 2.88. The average molecular weight is 360 g/mol. The van der Waals surface area contributed by atoms with E-state index in [0.29, 0.717) is 6.54 Å². The van der Waals surface area contributed by atoms with E-state index in [1.54, 1.807) is 11.0 Å². The number of amides is 1. The van der Waals surface area contributed by atoms with Crippen LogP contribution in [-0.4, -0.2) is 48.8 Å². The lowest BCUT2D eigenvalue weighted by atomic mass is 9.97. The average Bonchev–Trinajstić information content (AvgIpc) is 2.57. The zero-order valence-electron chi connectivity index (χ0n) is 14.1. The summed E-state index contributed by atoms with van der Waals surface area (Å²) >= 11 is 0. The van der Waals surface area contributed by atoms with Crippen molar-refractivity contribution >= 4 is 5.91 Å². The fourth-order valence-electron chi connectivity index (χ4n) is 2.88. The zero-order chi connectivity index (χ0) is 18.4. The molecule has 0 spiro atoms. The van der Waals surface area contributed by atoms with E-state index in [4.69, 9.17) is 15.2 Å². The fraction of sp³-hybridized carbons (Fsp3) is 0.588. The van der Waals surface area contributed by atoms with Crippen LogP contribution in [0.4, 0.5) is 13.2 Å². The number of nitrogens with zero attached hydrogens (tertiary/aromatic N) is 1. The largest absolute Gasteiger partial charge is 0.480 e. The van der Waals surface area contributed by atoms with Gasteiger partial charge in [-0.05, 0) is 38.3 Å². The molecule has 1 fully saturated rings. The molecule has 1 aliphatic heterocycles. The van der Waals surface area contributed by atoms with E-state index in [2.05, 4.69) is 0 Å². The van der Waals surface area contributed by atoms with Gasteiger partial charge in [0.2, 0.25) is 0 Å². The van der Waals surface area contributed by atoms with Crippen LogP contribution >= 0.6 is 0 Å². The Morgan fingerprint density at radius 1 is 1.28 bits per heavy atom. The van der Waals surface area contributed by atoms with Crippen molar-refractivity contribution in [2.45, 2.75) is 44.4 Å². The van der Waals surface area contributed by atoms with Crippen LogP contribution in [0, 0.1) is 0 Å². The first kappa shape index (κ1) is 19.4. The maximum Gasteiger partial charge on any atom is 0.422 e. The van der Waals surface area contributed by atoms with E-state index in [1.165, 1.54) is 18.2 Å². The molecule has 0 bridgehead atoms. The lowest BCUT2D eigenvalue weighted by Gasteiger charge is -2.38. The van der Waals surface area contributed by atoms with E-state index in [0.717, 1.165) is 19.3 Å². The molecule has 2 atom stereocenters. The number of rotatable bonds is 6. The third-order valence-electron chi connectivity index (χ3n) is 4.07. The lowest BCUT2D eigenvalue weighted by molar-refractivity contribution is -0.153. The van der Waals surface area contributed by atoms with Gasteiger partial charge < -0.3 is 20.1 Å². The van der Waals surface area contributed by atoms with Gasteiger partial charge in [-0.25, -0.2) is 0 Å². The van der Waals surface area contributed by atoms with Crippen LogP contribution in [0.25, 0.3) is 0 Å². The van der Waals surface area contributed by atoms with Gasteiger partial charge in [0, 0.05) is 18.6 Å². The van der Waals surface area contributed by atoms with Crippen molar-refractivity contribution in [2.75, 3.05) is 19.8 Å². The molecule has 5 nitrogen and oxygen atoms in total. The molecule has 0 aromatic heterocycles. The molecule has 1 heterocycles. The number of piperidine rings is 1. The van der Waals surface area contributed by atoms with Crippen LogP contribution in [-0.2, 0) is 4.79 Å². The van der Waals surface area contributed by atoms with Crippen molar-refractivity contribution in [3.63, 3.8) is 0 Å². The third kappa shape index (κ3) is 5.81. The number of hydrogen-bond donors (Lipinski definition) is 1. The standard InChI is InChI=1S/C17H23F3N2O3/c1-12(21)13-6-4-5-9-22(13)16(23)10-24-14-7-2-3-8-15(14)25-11-17(18,19)20/h2-3,7-8,12-13H,4-6,9-11,21H2,1H3/t12-,13+/m1/s1. The number of carbonyl (C=O) groups excluding carboxylic acids is 1. The molecular weight excluding hydrogens is 337 g/mol. The summed E-state index contributed by atoms with van der Waals surface area (Å²) in [5, 5.41) is 0. The minimum absolute atomic E-state index is 0.0402. The Bertz CT molecular complexity index is 579. The molecule has 1 aromatic rings. The molecule has 0 unspecified atom stereocenters. The van der Waals surface area contributed by atoms with E-state index in [9.17, 15) is 18.0 Å². The Hall–Kier alpha value is -1.96. The molecule has 0 saturated carbocycles. The van der Waals surface area contributed by atoms with Crippen LogP contribution in [0.2, 0.25) is 0 Å². The number of carbonyl (C=O) groups is 1. The summed E-state index contributed by atoms with van der Waals surface area (Å²) in [5.41, 5.74) is 5.95. The Balaban J connectivity index is 1.97. The molecule has 2 N–H and O–H groups in total. The summed E-state index contributed by atoms with van der Waals surface area (Å²) in [4.78, 5) is 14.1. The molecule has 1 aromatic carbocycles. The van der Waals surface area contributed by atoms with Crippen LogP contribution in [0.15, 0.2) is 24.3 Å². The molecule has 25 heavy (non-hydrogen) atoms. The van der Waals surface area contributed by atoms with Gasteiger partial charge in [0.25, 0.3) is 5.91 Å². The number of alkyl halides is 3. The van der Waals surface area contributed by atoms with Gasteiger partial charge in [0.15, 0.2) is 24.7 Å². The maximum atomic E-state index is 12.4. The highest BCUT2D eigenvalue weighted by atomic mass is 19.4. The second-order valence-electron chi connectivity index (χ2n) is 6.15. The summed E-state index contributed by atoms with van der Waals surface area (Å²) in [5.74, 6) is -0.169. The highest BCUT2D eigenvalue weighted by Crippen LogP contribution is 2.28. The van der Waals surface area contributed by atoms with Gasteiger partial charge >= 0.3 is 6.18 Å². The molecule has 8 heteroatoms. The van der Waals surface area contributed by atoms with Crippen molar-refractivity contribution in [1.82, 2.24) is 4.90 Å². The number of likely N-dealkylation sites (tertiary alicyclic amines) is 1. The van der Waals surface area contributed by atoms with Crippen LogP contribution in [0.3, 0.4) is 0 Å². The minimum atomic E-state index is -4.44. The third-order valence-corrected chi connectivity index (χ3v) is 4.07. The normalized spacial score (nSPS) is 19.4. The van der Waals surface area contributed by atoms with Crippen molar-refractivity contribution in [1.29, 1.82) is 0 Å². The van der Waals surface area contributed by atoms with E-state index in [1.807, 2.05) is 6.92 Å². The highest BCUT2D eigenvalue weighted by molar-refractivity contribution is 5.78. The van der Waals surface area contributed by atoms with Gasteiger partial charge in [-0.15, -0.1) is 0 Å². The Morgan fingerprint density at radius 3 is 2.52 bits per heavy atom. The Morgan fingerprint density at radius 2 is 1.92 bits per heavy atom. The molecule has 0 aliphatic carbocycles. The summed E-state index contributed by atoms with van der Waals surface area (Å²) < 4.78 is 47.1. The first-order chi connectivity index (χ1) is 11.8. The van der Waals surface area contributed by atoms with Gasteiger partial charge in [-0.3, -0.25) is 4.79 Å². The Kier molecular flexibility index (Phi) is 6.52. The molecule has 2 rings (SSSR count). The van der Waals surface area contributed by atoms with E-state index < -0.39 is 12.8 Å². The second kappa shape index (κ2) is 8.42. The molecule has 140 valence electrons. The molecule has 1 aliphatic rings. The van der Waals surface area contributed by atoms with E-state index >= 15 is 0 Å². The summed E-state index contributed by atoms with van der Waals surface area (Å²) in [6, 6.07) is 5.80.